The quantitative estimate of drug-likeness (QED) is 0.624. The maximum atomic E-state index is 12.0. The Kier molecular flexibility index (Phi) is 5.12. The molecule has 1 aliphatic heterocycles. The monoisotopic (exact) mass is 312 g/mol. The molecule has 0 saturated carbocycles. The topological polar surface area (TPSA) is 82.9 Å². The highest BCUT2D eigenvalue weighted by Crippen LogP contribution is 2.35. The predicted octanol–water partition coefficient (Wildman–Crippen LogP) is 2.32. The van der Waals surface area contributed by atoms with Gasteiger partial charge in [-0.15, -0.1) is 12.3 Å². The van der Waals surface area contributed by atoms with Crippen molar-refractivity contribution in [2.75, 3.05) is 11.9 Å². The van der Waals surface area contributed by atoms with Crippen molar-refractivity contribution >= 4 is 17.5 Å². The fourth-order valence-electron chi connectivity index (χ4n) is 2.31. The summed E-state index contributed by atoms with van der Waals surface area (Å²) < 4.78 is 0. The first-order chi connectivity index (χ1) is 11.0. The van der Waals surface area contributed by atoms with Crippen molar-refractivity contribution < 1.29 is 9.59 Å². The third-order valence-electron chi connectivity index (χ3n) is 3.79. The molecule has 0 unspecified atom stereocenters. The van der Waals surface area contributed by atoms with E-state index in [1.807, 2.05) is 32.0 Å². The second-order valence-corrected chi connectivity index (χ2v) is 5.61. The standard InChI is InChI=1S/C17H20N4O2/c1-4-5-9-17(20-21-17)10-11-18-15(22)16(23)19-14-12(2)7-6-8-13(14)3/h1,6-8H,5,9-11H2,2-3H3,(H,18,22)(H,19,23). The first kappa shape index (κ1) is 16.7. The summed E-state index contributed by atoms with van der Waals surface area (Å²) >= 11 is 0. The fraction of sp³-hybridized carbons (Fsp3) is 0.412. The van der Waals surface area contributed by atoms with Crippen molar-refractivity contribution in [1.29, 1.82) is 0 Å². The number of benzene rings is 1. The number of nitrogens with zero attached hydrogens (tertiary/aromatic N) is 2. The molecule has 0 aromatic heterocycles. The van der Waals surface area contributed by atoms with Gasteiger partial charge in [0.05, 0.1) is 0 Å². The second kappa shape index (κ2) is 7.05. The number of para-hydroxylation sites is 1. The summed E-state index contributed by atoms with van der Waals surface area (Å²) in [7, 11) is 0. The molecule has 6 nitrogen and oxygen atoms in total. The Bertz CT molecular complexity index is 662. The van der Waals surface area contributed by atoms with E-state index in [0.717, 1.165) is 11.1 Å². The van der Waals surface area contributed by atoms with Crippen molar-refractivity contribution in [3.05, 3.63) is 29.3 Å². The minimum atomic E-state index is -0.676. The lowest BCUT2D eigenvalue weighted by Crippen LogP contribution is -2.37. The SMILES string of the molecule is C#CCCC1(CCNC(=O)C(=O)Nc2c(C)cccc2C)N=N1. The maximum absolute atomic E-state index is 12.0. The Labute approximate surface area is 135 Å². The third-order valence-corrected chi connectivity index (χ3v) is 3.79. The van der Waals surface area contributed by atoms with E-state index < -0.39 is 17.5 Å². The summed E-state index contributed by atoms with van der Waals surface area (Å²) in [5.74, 6) is 1.21. The number of carbonyl (C=O) groups is 2. The number of hydrogen-bond donors (Lipinski definition) is 2. The lowest BCUT2D eigenvalue weighted by Gasteiger charge is -2.12. The lowest BCUT2D eigenvalue weighted by atomic mass is 10.0. The lowest BCUT2D eigenvalue weighted by molar-refractivity contribution is -0.136. The van der Waals surface area contributed by atoms with Crippen LogP contribution in [0.4, 0.5) is 5.69 Å². The Morgan fingerprint density at radius 1 is 1.17 bits per heavy atom. The van der Waals surface area contributed by atoms with Crippen LogP contribution in [-0.4, -0.2) is 24.0 Å². The molecule has 0 atom stereocenters. The van der Waals surface area contributed by atoms with Gasteiger partial charge in [-0.25, -0.2) is 0 Å². The van der Waals surface area contributed by atoms with E-state index in [-0.39, 0.29) is 0 Å². The highest BCUT2D eigenvalue weighted by Gasteiger charge is 2.38. The molecule has 120 valence electrons. The van der Waals surface area contributed by atoms with E-state index in [2.05, 4.69) is 26.8 Å². The van der Waals surface area contributed by atoms with Crippen LogP contribution in [0.3, 0.4) is 0 Å². The van der Waals surface area contributed by atoms with Gasteiger partial charge in [0.15, 0.2) is 5.66 Å². The van der Waals surface area contributed by atoms with Gasteiger partial charge in [0.2, 0.25) is 0 Å². The van der Waals surface area contributed by atoms with E-state index >= 15 is 0 Å². The Hall–Kier alpha value is -2.68. The molecular weight excluding hydrogens is 292 g/mol. The zero-order valence-corrected chi connectivity index (χ0v) is 13.3. The summed E-state index contributed by atoms with van der Waals surface area (Å²) in [4.78, 5) is 23.8. The van der Waals surface area contributed by atoms with Crippen LogP contribution in [0.2, 0.25) is 0 Å². The Balaban J connectivity index is 1.80. The van der Waals surface area contributed by atoms with Gasteiger partial charge in [0, 0.05) is 31.5 Å². The van der Waals surface area contributed by atoms with Gasteiger partial charge < -0.3 is 10.6 Å². The van der Waals surface area contributed by atoms with E-state index in [4.69, 9.17) is 6.42 Å². The minimum absolute atomic E-state index is 0.330. The molecule has 0 spiro atoms. The maximum Gasteiger partial charge on any atom is 0.313 e. The van der Waals surface area contributed by atoms with Crippen LogP contribution >= 0.6 is 0 Å². The fourth-order valence-corrected chi connectivity index (χ4v) is 2.31. The van der Waals surface area contributed by atoms with E-state index in [9.17, 15) is 9.59 Å². The number of terminal acetylenes is 1. The number of amides is 2. The van der Waals surface area contributed by atoms with Crippen LogP contribution in [0.15, 0.2) is 28.4 Å². The summed E-state index contributed by atoms with van der Waals surface area (Å²) in [6.07, 6.45) is 7.04. The molecule has 0 fully saturated rings. The second-order valence-electron chi connectivity index (χ2n) is 5.61. The van der Waals surface area contributed by atoms with Crippen LogP contribution < -0.4 is 10.6 Å². The number of nitrogens with one attached hydrogen (secondary N) is 2. The van der Waals surface area contributed by atoms with E-state index in [0.29, 0.717) is 31.5 Å². The molecule has 2 N–H and O–H groups in total. The molecular formula is C17H20N4O2. The zero-order valence-electron chi connectivity index (χ0n) is 13.3. The molecule has 1 aromatic carbocycles. The predicted molar refractivity (Wildman–Crippen MR) is 87.8 cm³/mol. The van der Waals surface area contributed by atoms with Gasteiger partial charge >= 0.3 is 11.8 Å². The highest BCUT2D eigenvalue weighted by molar-refractivity contribution is 6.39. The summed E-state index contributed by atoms with van der Waals surface area (Å²) in [5, 5.41) is 13.2. The van der Waals surface area contributed by atoms with Gasteiger partial charge in [0.1, 0.15) is 0 Å². The third kappa shape index (κ3) is 4.39. The van der Waals surface area contributed by atoms with Crippen molar-refractivity contribution in [2.45, 2.75) is 38.8 Å². The minimum Gasteiger partial charge on any atom is -0.348 e. The number of carbonyl (C=O) groups excluding carboxylic acids is 2. The molecule has 1 heterocycles. The first-order valence-corrected chi connectivity index (χ1v) is 7.50. The van der Waals surface area contributed by atoms with Gasteiger partial charge in [-0.05, 0) is 25.0 Å². The number of hydrogen-bond acceptors (Lipinski definition) is 4. The van der Waals surface area contributed by atoms with Crippen molar-refractivity contribution in [1.82, 2.24) is 5.32 Å². The molecule has 1 aliphatic rings. The average Bonchev–Trinajstić information content (AvgIpc) is 3.29. The van der Waals surface area contributed by atoms with E-state index in [1.165, 1.54) is 0 Å². The molecule has 0 bridgehead atoms. The normalized spacial score (nSPS) is 14.0. The molecule has 23 heavy (non-hydrogen) atoms. The molecule has 0 aliphatic carbocycles. The van der Waals surface area contributed by atoms with Crippen LogP contribution in [0, 0.1) is 26.2 Å². The largest absolute Gasteiger partial charge is 0.348 e. The first-order valence-electron chi connectivity index (χ1n) is 7.50. The van der Waals surface area contributed by atoms with Gasteiger partial charge in [-0.3, -0.25) is 9.59 Å². The molecule has 0 saturated heterocycles. The van der Waals surface area contributed by atoms with Crippen LogP contribution in [0.25, 0.3) is 0 Å². The van der Waals surface area contributed by atoms with Gasteiger partial charge in [-0.2, -0.15) is 10.2 Å². The number of anilines is 1. The molecule has 2 amide bonds. The van der Waals surface area contributed by atoms with Crippen molar-refractivity contribution in [3.8, 4) is 12.3 Å². The van der Waals surface area contributed by atoms with Crippen LogP contribution in [0.1, 0.15) is 30.4 Å². The summed E-state index contributed by atoms with van der Waals surface area (Å²) in [6, 6.07) is 5.66. The Morgan fingerprint density at radius 3 is 2.39 bits per heavy atom. The summed E-state index contributed by atoms with van der Waals surface area (Å²) in [5.41, 5.74) is 2.04. The van der Waals surface area contributed by atoms with Crippen molar-refractivity contribution in [3.63, 3.8) is 0 Å². The van der Waals surface area contributed by atoms with Crippen LogP contribution in [0.5, 0.6) is 0 Å². The highest BCUT2D eigenvalue weighted by atomic mass is 16.2. The van der Waals surface area contributed by atoms with Gasteiger partial charge in [0.25, 0.3) is 0 Å². The average molecular weight is 312 g/mol. The van der Waals surface area contributed by atoms with Crippen LogP contribution in [-0.2, 0) is 9.59 Å². The molecule has 1 aromatic rings. The number of rotatable bonds is 6. The van der Waals surface area contributed by atoms with E-state index in [1.54, 1.807) is 0 Å². The Morgan fingerprint density at radius 2 is 1.83 bits per heavy atom. The molecule has 0 radical (unpaired) electrons. The zero-order chi connectivity index (χ0) is 16.9. The van der Waals surface area contributed by atoms with Crippen molar-refractivity contribution in [2.24, 2.45) is 10.2 Å². The number of aryl methyl sites for hydroxylation is 2. The summed E-state index contributed by atoms with van der Waals surface area (Å²) in [6.45, 7) is 4.09. The smallest absolute Gasteiger partial charge is 0.313 e. The van der Waals surface area contributed by atoms with Gasteiger partial charge in [-0.1, -0.05) is 18.2 Å². The molecule has 6 heteroatoms. The molecule has 2 rings (SSSR count).